The standard InChI is InChI=1S/C20H22F3N5O4/c21-20(22,23)15-3-1-14(2-4-15)18(29)26-7-5-16(6-8-26)25-9-10-27-13-17(28(30)31)24-19(27)32-12-11-25/h1-4,13,16H,5-12H2. The van der Waals surface area contributed by atoms with Crippen LogP contribution in [0.3, 0.4) is 0 Å². The van der Waals surface area contributed by atoms with Crippen molar-refractivity contribution in [2.24, 2.45) is 0 Å². The molecule has 0 aliphatic carbocycles. The lowest BCUT2D eigenvalue weighted by Crippen LogP contribution is -2.49. The number of hydrogen-bond acceptors (Lipinski definition) is 6. The van der Waals surface area contributed by atoms with Crippen LogP contribution in [-0.4, -0.2) is 69.0 Å². The van der Waals surface area contributed by atoms with Gasteiger partial charge in [0, 0.05) is 49.3 Å². The molecule has 0 radical (unpaired) electrons. The topological polar surface area (TPSA) is 93.7 Å². The van der Waals surface area contributed by atoms with E-state index in [9.17, 15) is 28.1 Å². The van der Waals surface area contributed by atoms with Gasteiger partial charge < -0.3 is 19.8 Å². The van der Waals surface area contributed by atoms with Crippen LogP contribution in [0, 0.1) is 10.1 Å². The zero-order valence-corrected chi connectivity index (χ0v) is 17.1. The number of hydrogen-bond donors (Lipinski definition) is 0. The summed E-state index contributed by atoms with van der Waals surface area (Å²) < 4.78 is 45.4. The Hall–Kier alpha value is -3.15. The molecule has 3 heterocycles. The number of nitrogens with zero attached hydrogens (tertiary/aromatic N) is 5. The lowest BCUT2D eigenvalue weighted by Gasteiger charge is -2.39. The maximum atomic E-state index is 12.7. The highest BCUT2D eigenvalue weighted by Crippen LogP contribution is 2.29. The third-order valence-electron chi connectivity index (χ3n) is 5.88. The van der Waals surface area contributed by atoms with E-state index < -0.39 is 16.7 Å². The van der Waals surface area contributed by atoms with E-state index in [1.54, 1.807) is 9.47 Å². The normalized spacial score (nSPS) is 18.4. The van der Waals surface area contributed by atoms with Gasteiger partial charge in [0.1, 0.15) is 12.8 Å². The van der Waals surface area contributed by atoms with Gasteiger partial charge in [0.15, 0.2) is 0 Å². The SMILES string of the molecule is O=C(c1ccc(C(F)(F)F)cc1)N1CCC(N2CCOc3nc([N+](=O)[O-])cn3CC2)CC1. The molecule has 2 aliphatic heterocycles. The van der Waals surface area contributed by atoms with E-state index >= 15 is 0 Å². The van der Waals surface area contributed by atoms with E-state index in [-0.39, 0.29) is 29.3 Å². The fourth-order valence-electron chi connectivity index (χ4n) is 4.13. The zero-order chi connectivity index (χ0) is 22.9. The molecular formula is C20H22F3N5O4. The van der Waals surface area contributed by atoms with Crippen molar-refractivity contribution < 1.29 is 27.6 Å². The average Bonchev–Trinajstić information content (AvgIpc) is 3.15. The molecule has 9 nitrogen and oxygen atoms in total. The van der Waals surface area contributed by atoms with Crippen LogP contribution >= 0.6 is 0 Å². The van der Waals surface area contributed by atoms with Crippen molar-refractivity contribution in [3.63, 3.8) is 0 Å². The largest absolute Gasteiger partial charge is 0.444 e. The van der Waals surface area contributed by atoms with Crippen molar-refractivity contribution in [2.45, 2.75) is 31.6 Å². The second-order valence-electron chi connectivity index (χ2n) is 7.82. The number of fused-ring (bicyclic) bond motifs is 1. The summed E-state index contributed by atoms with van der Waals surface area (Å²) >= 11 is 0. The lowest BCUT2D eigenvalue weighted by atomic mass is 10.0. The lowest BCUT2D eigenvalue weighted by molar-refractivity contribution is -0.389. The smallest absolute Gasteiger partial charge is 0.416 e. The van der Waals surface area contributed by atoms with E-state index in [0.717, 1.165) is 25.0 Å². The van der Waals surface area contributed by atoms with Gasteiger partial charge in [-0.2, -0.15) is 13.2 Å². The molecule has 1 saturated heterocycles. The first-order valence-electron chi connectivity index (χ1n) is 10.3. The Kier molecular flexibility index (Phi) is 6.04. The summed E-state index contributed by atoms with van der Waals surface area (Å²) in [5.74, 6) is -0.521. The Bertz CT molecular complexity index is 984. The summed E-state index contributed by atoms with van der Waals surface area (Å²) in [4.78, 5) is 30.9. The van der Waals surface area contributed by atoms with Crippen molar-refractivity contribution in [2.75, 3.05) is 32.8 Å². The highest BCUT2D eigenvalue weighted by atomic mass is 19.4. The van der Waals surface area contributed by atoms with Crippen LogP contribution in [0.4, 0.5) is 19.0 Å². The fourth-order valence-corrected chi connectivity index (χ4v) is 4.13. The first-order chi connectivity index (χ1) is 15.2. The molecule has 0 saturated carbocycles. The van der Waals surface area contributed by atoms with E-state index in [2.05, 4.69) is 9.88 Å². The molecule has 0 atom stereocenters. The molecule has 0 spiro atoms. The minimum Gasteiger partial charge on any atom is -0.444 e. The molecular weight excluding hydrogens is 431 g/mol. The number of aromatic nitrogens is 2. The summed E-state index contributed by atoms with van der Waals surface area (Å²) in [7, 11) is 0. The molecule has 1 aromatic carbocycles. The number of amides is 1. The quantitative estimate of drug-likeness (QED) is 0.524. The number of alkyl halides is 3. The minimum atomic E-state index is -4.43. The second kappa shape index (κ2) is 8.77. The van der Waals surface area contributed by atoms with Crippen molar-refractivity contribution in [3.8, 4) is 6.01 Å². The van der Waals surface area contributed by atoms with Gasteiger partial charge in [-0.15, -0.1) is 0 Å². The Balaban J connectivity index is 1.33. The van der Waals surface area contributed by atoms with Gasteiger partial charge in [-0.3, -0.25) is 14.3 Å². The van der Waals surface area contributed by atoms with Crippen LogP contribution < -0.4 is 4.74 Å². The molecule has 1 aromatic heterocycles. The molecule has 0 unspecified atom stereocenters. The van der Waals surface area contributed by atoms with Crippen LogP contribution in [0.1, 0.15) is 28.8 Å². The molecule has 4 rings (SSSR count). The highest BCUT2D eigenvalue weighted by Gasteiger charge is 2.32. The molecule has 12 heteroatoms. The molecule has 0 N–H and O–H groups in total. The Morgan fingerprint density at radius 3 is 2.41 bits per heavy atom. The van der Waals surface area contributed by atoms with Crippen molar-refractivity contribution in [3.05, 3.63) is 51.7 Å². The zero-order valence-electron chi connectivity index (χ0n) is 17.1. The number of nitro groups is 1. The number of halogens is 3. The number of piperidine rings is 1. The van der Waals surface area contributed by atoms with Gasteiger partial charge in [-0.25, -0.2) is 0 Å². The number of likely N-dealkylation sites (tertiary alicyclic amines) is 1. The first-order valence-corrected chi connectivity index (χ1v) is 10.3. The van der Waals surface area contributed by atoms with Gasteiger partial charge >= 0.3 is 18.0 Å². The minimum absolute atomic E-state index is 0.218. The molecule has 32 heavy (non-hydrogen) atoms. The van der Waals surface area contributed by atoms with E-state index in [1.807, 2.05) is 0 Å². The average molecular weight is 453 g/mol. The predicted octanol–water partition coefficient (Wildman–Crippen LogP) is 2.81. The molecule has 2 aliphatic rings. The molecule has 1 amide bonds. The van der Waals surface area contributed by atoms with Gasteiger partial charge in [-0.1, -0.05) is 0 Å². The molecule has 1 fully saturated rings. The Morgan fingerprint density at radius 2 is 1.78 bits per heavy atom. The van der Waals surface area contributed by atoms with Gasteiger partial charge in [0.05, 0.1) is 5.56 Å². The summed E-state index contributed by atoms with van der Waals surface area (Å²) in [5.41, 5.74) is -0.538. The number of carbonyl (C=O) groups is 1. The van der Waals surface area contributed by atoms with Crippen molar-refractivity contribution >= 4 is 11.7 Å². The van der Waals surface area contributed by atoms with Crippen LogP contribution in [0.15, 0.2) is 30.5 Å². The second-order valence-corrected chi connectivity index (χ2v) is 7.82. The van der Waals surface area contributed by atoms with Crippen LogP contribution in [0.25, 0.3) is 0 Å². The summed E-state index contributed by atoms with van der Waals surface area (Å²) in [6, 6.07) is 4.75. The third-order valence-corrected chi connectivity index (χ3v) is 5.88. The van der Waals surface area contributed by atoms with Crippen molar-refractivity contribution in [1.29, 1.82) is 0 Å². The number of ether oxygens (including phenoxy) is 1. The highest BCUT2D eigenvalue weighted by molar-refractivity contribution is 5.94. The van der Waals surface area contributed by atoms with E-state index in [0.29, 0.717) is 39.3 Å². The van der Waals surface area contributed by atoms with E-state index in [1.165, 1.54) is 18.3 Å². The maximum Gasteiger partial charge on any atom is 0.416 e. The molecule has 172 valence electrons. The van der Waals surface area contributed by atoms with Gasteiger partial charge in [-0.05, 0) is 42.0 Å². The first kappa shape index (κ1) is 22.1. The number of benzene rings is 1. The Morgan fingerprint density at radius 1 is 1.09 bits per heavy atom. The predicted molar refractivity (Wildman–Crippen MR) is 106 cm³/mol. The molecule has 0 bridgehead atoms. The number of rotatable bonds is 3. The number of carbonyl (C=O) groups excluding carboxylic acids is 1. The summed E-state index contributed by atoms with van der Waals surface area (Å²) in [5, 5.41) is 10.9. The van der Waals surface area contributed by atoms with Gasteiger partial charge in [0.25, 0.3) is 5.91 Å². The fraction of sp³-hybridized carbons (Fsp3) is 0.500. The number of imidazole rings is 1. The van der Waals surface area contributed by atoms with Crippen molar-refractivity contribution in [1.82, 2.24) is 19.4 Å². The third kappa shape index (κ3) is 4.69. The van der Waals surface area contributed by atoms with E-state index in [4.69, 9.17) is 4.74 Å². The Labute approximate surface area is 181 Å². The summed E-state index contributed by atoms with van der Waals surface area (Å²) in [6.45, 7) is 3.16. The van der Waals surface area contributed by atoms with Gasteiger partial charge in [0.2, 0.25) is 0 Å². The maximum absolute atomic E-state index is 12.7. The monoisotopic (exact) mass is 453 g/mol. The summed E-state index contributed by atoms with van der Waals surface area (Å²) in [6.07, 6.45) is -1.62. The van der Waals surface area contributed by atoms with Crippen LogP contribution in [-0.2, 0) is 12.7 Å². The molecule has 2 aromatic rings. The van der Waals surface area contributed by atoms with Crippen LogP contribution in [0.5, 0.6) is 6.01 Å². The van der Waals surface area contributed by atoms with Crippen LogP contribution in [0.2, 0.25) is 0 Å².